The summed E-state index contributed by atoms with van der Waals surface area (Å²) in [6.07, 6.45) is 0.774. The van der Waals surface area contributed by atoms with Gasteiger partial charge in [-0.25, -0.2) is 0 Å². The molecule has 98 valence electrons. The Hall–Kier alpha value is -1.55. The molecule has 0 radical (unpaired) electrons. The third-order valence-corrected chi connectivity index (χ3v) is 3.12. The number of nitrogens with zero attached hydrogens (tertiary/aromatic N) is 1. The summed E-state index contributed by atoms with van der Waals surface area (Å²) in [6.45, 7) is 2.88. The molecule has 0 aliphatic carbocycles. The van der Waals surface area contributed by atoms with Gasteiger partial charge in [-0.15, -0.1) is 0 Å². The molecular weight excluding hydrogens is 226 g/mol. The normalized spacial score (nSPS) is 19.2. The topological polar surface area (TPSA) is 44.4 Å². The smallest absolute Gasteiger partial charge is 0.243 e. The predicted octanol–water partition coefficient (Wildman–Crippen LogP) is 1.09. The van der Waals surface area contributed by atoms with Gasteiger partial charge in [0.05, 0.1) is 0 Å². The lowest BCUT2D eigenvalue weighted by atomic mass is 10.1. The van der Waals surface area contributed by atoms with Crippen LogP contribution >= 0.6 is 0 Å². The molecule has 1 aromatic carbocycles. The summed E-state index contributed by atoms with van der Waals surface area (Å²) in [4.78, 5) is 14.2. The van der Waals surface area contributed by atoms with Crippen molar-refractivity contribution in [2.75, 3.05) is 26.0 Å². The molecular formula is C14H21N3O. The zero-order valence-corrected chi connectivity index (χ0v) is 11.2. The van der Waals surface area contributed by atoms with Gasteiger partial charge in [0, 0.05) is 24.7 Å². The number of likely N-dealkylation sites (N-methyl/N-ethyl adjacent to an activating group) is 1. The summed E-state index contributed by atoms with van der Waals surface area (Å²) in [5, 5.41) is 6.31. The lowest BCUT2D eigenvalue weighted by molar-refractivity contribution is -0.122. The van der Waals surface area contributed by atoms with Crippen LogP contribution in [0.25, 0.3) is 0 Å². The molecule has 0 aromatic heterocycles. The molecule has 4 heteroatoms. The van der Waals surface area contributed by atoms with E-state index >= 15 is 0 Å². The first kappa shape index (κ1) is 12.9. The average molecular weight is 247 g/mol. The van der Waals surface area contributed by atoms with Crippen molar-refractivity contribution in [3.63, 3.8) is 0 Å². The number of rotatable bonds is 4. The Morgan fingerprint density at radius 2 is 2.22 bits per heavy atom. The second-order valence-electron chi connectivity index (χ2n) is 5.23. The molecule has 0 fully saturated rings. The Bertz CT molecular complexity index is 406. The number of para-hydroxylation sites is 1. The molecule has 1 heterocycles. The van der Waals surface area contributed by atoms with Gasteiger partial charge in [-0.05, 0) is 32.6 Å². The van der Waals surface area contributed by atoms with Gasteiger partial charge in [-0.1, -0.05) is 18.2 Å². The van der Waals surface area contributed by atoms with Crippen molar-refractivity contribution in [2.45, 2.75) is 25.4 Å². The van der Waals surface area contributed by atoms with Gasteiger partial charge < -0.3 is 15.5 Å². The van der Waals surface area contributed by atoms with Gasteiger partial charge in [0.15, 0.2) is 0 Å². The highest BCUT2D eigenvalue weighted by molar-refractivity contribution is 5.87. The third kappa shape index (κ3) is 3.01. The fourth-order valence-corrected chi connectivity index (χ4v) is 2.39. The fraction of sp³-hybridized carbons (Fsp3) is 0.500. The Kier molecular flexibility index (Phi) is 3.87. The molecule has 2 N–H and O–H groups in total. The minimum Gasteiger partial charge on any atom is -0.373 e. The van der Waals surface area contributed by atoms with E-state index < -0.39 is 0 Å². The third-order valence-electron chi connectivity index (χ3n) is 3.12. The first-order valence-electron chi connectivity index (χ1n) is 6.36. The van der Waals surface area contributed by atoms with Crippen molar-refractivity contribution in [2.24, 2.45) is 0 Å². The maximum absolute atomic E-state index is 12.1. The zero-order valence-electron chi connectivity index (χ0n) is 11.2. The lowest BCUT2D eigenvalue weighted by Gasteiger charge is -2.20. The van der Waals surface area contributed by atoms with Crippen LogP contribution in [0.1, 0.15) is 12.5 Å². The Balaban J connectivity index is 1.89. The zero-order chi connectivity index (χ0) is 13.1. The summed E-state index contributed by atoms with van der Waals surface area (Å²) in [7, 11) is 4.01. The summed E-state index contributed by atoms with van der Waals surface area (Å²) in [5.41, 5.74) is 2.30. The van der Waals surface area contributed by atoms with E-state index in [1.807, 2.05) is 39.2 Å². The van der Waals surface area contributed by atoms with Crippen molar-refractivity contribution < 1.29 is 4.79 Å². The second-order valence-corrected chi connectivity index (χ2v) is 5.23. The van der Waals surface area contributed by atoms with E-state index in [1.165, 1.54) is 5.56 Å². The monoisotopic (exact) mass is 247 g/mol. The summed E-state index contributed by atoms with van der Waals surface area (Å²) in [5.74, 6) is 0.0838. The highest BCUT2D eigenvalue weighted by atomic mass is 16.2. The molecule has 1 aromatic rings. The van der Waals surface area contributed by atoms with E-state index in [4.69, 9.17) is 0 Å². The van der Waals surface area contributed by atoms with Crippen molar-refractivity contribution in [1.82, 2.24) is 10.2 Å². The molecule has 0 saturated heterocycles. The number of anilines is 1. The number of hydrogen-bond donors (Lipinski definition) is 2. The van der Waals surface area contributed by atoms with Crippen molar-refractivity contribution >= 4 is 11.6 Å². The standard InChI is InChI=1S/C14H21N3O/c1-10(9-17(2)3)15-14(18)13-8-11-6-4-5-7-12(11)16-13/h4-7,10,13,16H,8-9H2,1-3H3,(H,15,18)/t10?,13-/m0/s1. The van der Waals surface area contributed by atoms with Crippen molar-refractivity contribution in [1.29, 1.82) is 0 Å². The van der Waals surface area contributed by atoms with Crippen LogP contribution in [0.4, 0.5) is 5.69 Å². The van der Waals surface area contributed by atoms with Crippen LogP contribution in [0.5, 0.6) is 0 Å². The number of carbonyl (C=O) groups is 1. The maximum atomic E-state index is 12.1. The highest BCUT2D eigenvalue weighted by Gasteiger charge is 2.26. The highest BCUT2D eigenvalue weighted by Crippen LogP contribution is 2.25. The molecule has 2 rings (SSSR count). The average Bonchev–Trinajstić information content (AvgIpc) is 2.71. The van der Waals surface area contributed by atoms with Crippen LogP contribution in [0.15, 0.2) is 24.3 Å². The van der Waals surface area contributed by atoms with Crippen LogP contribution < -0.4 is 10.6 Å². The molecule has 1 amide bonds. The Morgan fingerprint density at radius 3 is 2.89 bits per heavy atom. The van der Waals surface area contributed by atoms with Crippen molar-refractivity contribution in [3.8, 4) is 0 Å². The molecule has 1 aliphatic heterocycles. The molecule has 1 unspecified atom stereocenters. The molecule has 0 bridgehead atoms. The summed E-state index contributed by atoms with van der Waals surface area (Å²) in [6, 6.07) is 8.12. The molecule has 0 saturated carbocycles. The number of nitrogens with one attached hydrogen (secondary N) is 2. The Labute approximate surface area is 108 Å². The van der Waals surface area contributed by atoms with E-state index in [1.54, 1.807) is 0 Å². The van der Waals surface area contributed by atoms with E-state index in [-0.39, 0.29) is 18.0 Å². The van der Waals surface area contributed by atoms with E-state index in [9.17, 15) is 4.79 Å². The summed E-state index contributed by atoms with van der Waals surface area (Å²) < 4.78 is 0. The molecule has 2 atom stereocenters. The van der Waals surface area contributed by atoms with Gasteiger partial charge >= 0.3 is 0 Å². The largest absolute Gasteiger partial charge is 0.373 e. The van der Waals surface area contributed by atoms with Crippen LogP contribution in [0.3, 0.4) is 0 Å². The molecule has 1 aliphatic rings. The van der Waals surface area contributed by atoms with Gasteiger partial charge in [0.2, 0.25) is 5.91 Å². The van der Waals surface area contributed by atoms with Gasteiger partial charge in [-0.2, -0.15) is 0 Å². The predicted molar refractivity (Wildman–Crippen MR) is 73.7 cm³/mol. The van der Waals surface area contributed by atoms with Gasteiger partial charge in [-0.3, -0.25) is 4.79 Å². The van der Waals surface area contributed by atoms with E-state index in [2.05, 4.69) is 21.6 Å². The number of amides is 1. The van der Waals surface area contributed by atoms with Crippen LogP contribution in [0, 0.1) is 0 Å². The first-order chi connectivity index (χ1) is 8.56. The summed E-state index contributed by atoms with van der Waals surface area (Å²) >= 11 is 0. The number of hydrogen-bond acceptors (Lipinski definition) is 3. The van der Waals surface area contributed by atoms with E-state index in [0.29, 0.717) is 0 Å². The second kappa shape index (κ2) is 5.40. The molecule has 0 spiro atoms. The van der Waals surface area contributed by atoms with Gasteiger partial charge in [0.25, 0.3) is 0 Å². The molecule has 18 heavy (non-hydrogen) atoms. The SMILES string of the molecule is CC(CN(C)C)NC(=O)[C@@H]1Cc2ccccc2N1. The van der Waals surface area contributed by atoms with Crippen LogP contribution in [0.2, 0.25) is 0 Å². The minimum atomic E-state index is -0.132. The quantitative estimate of drug-likeness (QED) is 0.837. The first-order valence-corrected chi connectivity index (χ1v) is 6.36. The number of benzene rings is 1. The fourth-order valence-electron chi connectivity index (χ4n) is 2.39. The van der Waals surface area contributed by atoms with Gasteiger partial charge in [0.1, 0.15) is 6.04 Å². The van der Waals surface area contributed by atoms with Crippen LogP contribution in [-0.2, 0) is 11.2 Å². The lowest BCUT2D eigenvalue weighted by Crippen LogP contribution is -2.46. The van der Waals surface area contributed by atoms with Crippen molar-refractivity contribution in [3.05, 3.63) is 29.8 Å². The van der Waals surface area contributed by atoms with E-state index in [0.717, 1.165) is 18.7 Å². The number of fused-ring (bicyclic) bond motifs is 1. The Morgan fingerprint density at radius 1 is 1.50 bits per heavy atom. The number of carbonyl (C=O) groups excluding carboxylic acids is 1. The maximum Gasteiger partial charge on any atom is 0.243 e. The van der Waals surface area contributed by atoms with Crippen LogP contribution in [-0.4, -0.2) is 43.5 Å². The molecule has 4 nitrogen and oxygen atoms in total. The minimum absolute atomic E-state index is 0.0838.